The van der Waals surface area contributed by atoms with E-state index in [-0.39, 0.29) is 11.3 Å². The minimum Gasteiger partial charge on any atom is -0.300 e. The van der Waals surface area contributed by atoms with Crippen LogP contribution in [0.15, 0.2) is 12.3 Å². The molecule has 0 radical (unpaired) electrons. The smallest absolute Gasteiger partial charge is 0.300 e. The van der Waals surface area contributed by atoms with Gasteiger partial charge in [-0.1, -0.05) is 0 Å². The van der Waals surface area contributed by atoms with Crippen LogP contribution < -0.4 is 0 Å². The van der Waals surface area contributed by atoms with Crippen molar-refractivity contribution in [1.29, 1.82) is 0 Å². The molecular weight excluding hydrogens is 367 g/mol. The quantitative estimate of drug-likeness (QED) is 0.778. The summed E-state index contributed by atoms with van der Waals surface area (Å²) < 4.78 is 61.4. The Morgan fingerprint density at radius 1 is 1.15 bits per heavy atom. The van der Waals surface area contributed by atoms with Gasteiger partial charge in [-0.3, -0.25) is 4.90 Å². The van der Waals surface area contributed by atoms with E-state index in [9.17, 15) is 21.6 Å². The molecule has 0 unspecified atom stereocenters. The number of likely N-dealkylation sites (tertiary alicyclic amines) is 1. The first-order chi connectivity index (χ1) is 12.2. The molecule has 4 rings (SSSR count). The average molecular weight is 389 g/mol. The van der Waals surface area contributed by atoms with Gasteiger partial charge in [0.1, 0.15) is 0 Å². The molecule has 3 heterocycles. The maximum absolute atomic E-state index is 12.8. The predicted octanol–water partition coefficient (Wildman–Crippen LogP) is 2.64. The highest BCUT2D eigenvalue weighted by molar-refractivity contribution is 7.92. The summed E-state index contributed by atoms with van der Waals surface area (Å²) in [5.41, 5.74) is 0.443. The van der Waals surface area contributed by atoms with Gasteiger partial charge in [0.25, 0.3) is 0 Å². The van der Waals surface area contributed by atoms with Gasteiger partial charge in [0.15, 0.2) is 9.84 Å². The van der Waals surface area contributed by atoms with Crippen LogP contribution >= 0.6 is 0 Å². The lowest BCUT2D eigenvalue weighted by molar-refractivity contribution is -0.145. The summed E-state index contributed by atoms with van der Waals surface area (Å²) >= 11 is 0. The fourth-order valence-electron chi connectivity index (χ4n) is 4.88. The first kappa shape index (κ1) is 18.2. The van der Waals surface area contributed by atoms with Gasteiger partial charge in [0.2, 0.25) is 5.82 Å². The maximum Gasteiger partial charge on any atom is 0.451 e. The van der Waals surface area contributed by atoms with Crippen LogP contribution in [0.3, 0.4) is 0 Å². The number of rotatable bonds is 2. The van der Waals surface area contributed by atoms with Crippen molar-refractivity contribution in [1.82, 2.24) is 14.9 Å². The van der Waals surface area contributed by atoms with Gasteiger partial charge < -0.3 is 0 Å². The number of halogens is 3. The monoisotopic (exact) mass is 389 g/mol. The zero-order chi connectivity index (χ0) is 18.6. The summed E-state index contributed by atoms with van der Waals surface area (Å²) in [7, 11) is -2.82. The molecule has 3 fully saturated rings. The molecule has 26 heavy (non-hydrogen) atoms. The molecule has 0 aromatic carbocycles. The molecule has 2 aliphatic heterocycles. The molecule has 0 N–H and O–H groups in total. The Balaban J connectivity index is 1.35. The average Bonchev–Trinajstić information content (AvgIpc) is 2.98. The van der Waals surface area contributed by atoms with Crippen LogP contribution in [0.5, 0.6) is 0 Å². The van der Waals surface area contributed by atoms with Crippen molar-refractivity contribution in [2.24, 2.45) is 5.41 Å². The van der Waals surface area contributed by atoms with E-state index in [4.69, 9.17) is 0 Å². The van der Waals surface area contributed by atoms with Crippen LogP contribution in [-0.4, -0.2) is 53.9 Å². The van der Waals surface area contributed by atoms with E-state index in [2.05, 4.69) is 14.9 Å². The number of hydrogen-bond acceptors (Lipinski definition) is 5. The van der Waals surface area contributed by atoms with E-state index in [1.807, 2.05) is 0 Å². The molecule has 144 valence electrons. The molecule has 0 bridgehead atoms. The summed E-state index contributed by atoms with van der Waals surface area (Å²) in [4.78, 5) is 9.46. The minimum absolute atomic E-state index is 0.0378. The molecule has 0 atom stereocenters. The summed E-state index contributed by atoms with van der Waals surface area (Å²) in [6.45, 7) is 1.77. The molecule has 1 saturated carbocycles. The van der Waals surface area contributed by atoms with Gasteiger partial charge in [-0.15, -0.1) is 0 Å². The fourth-order valence-corrected chi connectivity index (χ4v) is 7.13. The van der Waals surface area contributed by atoms with E-state index in [1.54, 1.807) is 6.07 Å². The van der Waals surface area contributed by atoms with Gasteiger partial charge in [0, 0.05) is 35.8 Å². The van der Waals surface area contributed by atoms with Crippen LogP contribution in [0.4, 0.5) is 13.2 Å². The van der Waals surface area contributed by atoms with Crippen LogP contribution in [0.2, 0.25) is 0 Å². The molecule has 1 aromatic heterocycles. The number of aromatic nitrogens is 2. The second-order valence-corrected chi connectivity index (χ2v) is 10.1. The summed E-state index contributed by atoms with van der Waals surface area (Å²) in [6.07, 6.45) is 1.06. The highest BCUT2D eigenvalue weighted by Crippen LogP contribution is 2.44. The molecule has 3 aliphatic rings. The molecular formula is C17H22F3N3O2S. The Hall–Kier alpha value is -1.22. The van der Waals surface area contributed by atoms with Crippen molar-refractivity contribution in [3.05, 3.63) is 23.8 Å². The van der Waals surface area contributed by atoms with Crippen molar-refractivity contribution in [2.75, 3.05) is 24.6 Å². The Labute approximate surface area is 150 Å². The summed E-state index contributed by atoms with van der Waals surface area (Å²) in [6, 6.07) is 1.99. The van der Waals surface area contributed by atoms with Gasteiger partial charge in [-0.2, -0.15) is 13.2 Å². The SMILES string of the molecule is O=S1(=O)CC2(CCN(C3CCC(c4ccnc(C(F)(F)F)n4)CC3)C2)C1. The van der Waals surface area contributed by atoms with Crippen molar-refractivity contribution in [3.63, 3.8) is 0 Å². The lowest BCUT2D eigenvalue weighted by atomic mass is 9.83. The molecule has 9 heteroatoms. The number of nitrogens with zero attached hydrogens (tertiary/aromatic N) is 3. The minimum atomic E-state index is -4.51. The third-order valence-corrected chi connectivity index (χ3v) is 8.19. The first-order valence-corrected chi connectivity index (χ1v) is 10.8. The Morgan fingerprint density at radius 3 is 2.46 bits per heavy atom. The Morgan fingerprint density at radius 2 is 1.85 bits per heavy atom. The predicted molar refractivity (Wildman–Crippen MR) is 89.3 cm³/mol. The molecule has 5 nitrogen and oxygen atoms in total. The number of hydrogen-bond donors (Lipinski definition) is 0. The molecule has 1 spiro atoms. The van der Waals surface area contributed by atoms with E-state index in [0.717, 1.165) is 45.2 Å². The van der Waals surface area contributed by atoms with E-state index < -0.39 is 21.8 Å². The lowest BCUT2D eigenvalue weighted by Crippen LogP contribution is -2.51. The second kappa shape index (κ2) is 6.15. The van der Waals surface area contributed by atoms with E-state index in [0.29, 0.717) is 23.2 Å². The van der Waals surface area contributed by atoms with E-state index in [1.165, 1.54) is 6.20 Å². The number of sulfone groups is 1. The summed E-state index contributed by atoms with van der Waals surface area (Å²) in [5.74, 6) is -0.402. The van der Waals surface area contributed by atoms with Gasteiger partial charge >= 0.3 is 6.18 Å². The number of alkyl halides is 3. The van der Waals surface area contributed by atoms with Crippen molar-refractivity contribution >= 4 is 9.84 Å². The van der Waals surface area contributed by atoms with Crippen LogP contribution in [-0.2, 0) is 16.0 Å². The van der Waals surface area contributed by atoms with Crippen molar-refractivity contribution < 1.29 is 21.6 Å². The third kappa shape index (κ3) is 3.47. The molecule has 2 saturated heterocycles. The highest BCUT2D eigenvalue weighted by atomic mass is 32.2. The largest absolute Gasteiger partial charge is 0.451 e. The standard InChI is InChI=1S/C17H22F3N3O2S/c18-17(19,20)15-21-7-5-14(22-15)12-1-3-13(4-2-12)23-8-6-16(9-23)10-26(24,25)11-16/h5,7,12-13H,1-4,6,8-11H2. The second-order valence-electron chi connectivity index (χ2n) is 8.06. The Kier molecular flexibility index (Phi) is 4.30. The van der Waals surface area contributed by atoms with Crippen LogP contribution in [0.25, 0.3) is 0 Å². The van der Waals surface area contributed by atoms with Gasteiger partial charge in [-0.05, 0) is 44.7 Å². The van der Waals surface area contributed by atoms with E-state index >= 15 is 0 Å². The lowest BCUT2D eigenvalue weighted by Gasteiger charge is -2.40. The Bertz CT molecular complexity index is 777. The summed E-state index contributed by atoms with van der Waals surface area (Å²) in [5, 5.41) is 0. The molecule has 1 aliphatic carbocycles. The zero-order valence-electron chi connectivity index (χ0n) is 14.4. The normalized spacial score (nSPS) is 31.0. The zero-order valence-corrected chi connectivity index (χ0v) is 15.2. The maximum atomic E-state index is 12.8. The van der Waals surface area contributed by atoms with Crippen molar-refractivity contribution in [2.45, 2.75) is 50.2 Å². The first-order valence-electron chi connectivity index (χ1n) is 9.01. The van der Waals surface area contributed by atoms with Gasteiger partial charge in [-0.25, -0.2) is 18.4 Å². The highest BCUT2D eigenvalue weighted by Gasteiger charge is 2.53. The van der Waals surface area contributed by atoms with Crippen molar-refractivity contribution in [3.8, 4) is 0 Å². The van der Waals surface area contributed by atoms with Crippen LogP contribution in [0, 0.1) is 5.41 Å². The fraction of sp³-hybridized carbons (Fsp3) is 0.765. The molecule has 1 aromatic rings. The topological polar surface area (TPSA) is 63.2 Å². The van der Waals surface area contributed by atoms with Crippen LogP contribution in [0.1, 0.15) is 49.5 Å². The van der Waals surface area contributed by atoms with Gasteiger partial charge in [0.05, 0.1) is 11.5 Å². The third-order valence-electron chi connectivity index (χ3n) is 6.08. The molecule has 0 amide bonds.